The highest BCUT2D eigenvalue weighted by Gasteiger charge is 2.29. The Balaban J connectivity index is 1.42. The quantitative estimate of drug-likeness (QED) is 0.530. The molecule has 2 aromatic carbocycles. The van der Waals surface area contributed by atoms with Gasteiger partial charge in [0.2, 0.25) is 10.0 Å². The summed E-state index contributed by atoms with van der Waals surface area (Å²) in [5.74, 6) is 0. The topological polar surface area (TPSA) is 53.5 Å². The van der Waals surface area contributed by atoms with E-state index in [1.165, 1.54) is 22.3 Å². The second-order valence-corrected chi connectivity index (χ2v) is 11.2. The van der Waals surface area contributed by atoms with E-state index in [9.17, 15) is 8.42 Å². The predicted octanol–water partition coefficient (Wildman–Crippen LogP) is 4.82. The molecule has 0 saturated carbocycles. The van der Waals surface area contributed by atoms with Crippen LogP contribution in [-0.4, -0.2) is 43.9 Å². The van der Waals surface area contributed by atoms with Crippen molar-refractivity contribution in [3.05, 3.63) is 74.7 Å². The molecule has 164 valence electrons. The van der Waals surface area contributed by atoms with Crippen LogP contribution < -0.4 is 4.90 Å². The zero-order valence-electron chi connectivity index (χ0n) is 17.9. The van der Waals surface area contributed by atoms with E-state index < -0.39 is 10.0 Å². The minimum atomic E-state index is -3.50. The first-order valence-corrected chi connectivity index (χ1v) is 13.0. The Kier molecular flexibility index (Phi) is 6.40. The normalized spacial score (nSPS) is 15.4. The molecule has 1 saturated heterocycles. The van der Waals surface area contributed by atoms with E-state index in [1.807, 2.05) is 0 Å². The summed E-state index contributed by atoms with van der Waals surface area (Å²) in [5, 5.41) is 3.60. The number of thiazole rings is 1. The van der Waals surface area contributed by atoms with Gasteiger partial charge in [-0.1, -0.05) is 29.3 Å². The van der Waals surface area contributed by atoms with Crippen LogP contribution in [0.4, 0.5) is 5.13 Å². The number of aromatic nitrogens is 1. The predicted molar refractivity (Wildman–Crippen MR) is 128 cm³/mol. The van der Waals surface area contributed by atoms with Crippen molar-refractivity contribution in [2.24, 2.45) is 0 Å². The number of rotatable bonds is 5. The van der Waals surface area contributed by atoms with Crippen LogP contribution in [0.5, 0.6) is 0 Å². The first-order valence-electron chi connectivity index (χ1n) is 10.3. The SMILES string of the molecule is Cc1cc(C)c(Cc2csc(N3CCN(S(=O)(=O)c4ccc(Cl)cc4)CC3)n2)c(C)c1. The van der Waals surface area contributed by atoms with Crippen LogP contribution in [0.2, 0.25) is 5.02 Å². The average molecular weight is 476 g/mol. The Morgan fingerprint density at radius 3 is 2.23 bits per heavy atom. The maximum atomic E-state index is 12.9. The molecule has 8 heteroatoms. The number of piperazine rings is 1. The molecule has 0 radical (unpaired) electrons. The lowest BCUT2D eigenvalue weighted by Gasteiger charge is -2.33. The summed E-state index contributed by atoms with van der Waals surface area (Å²) in [6.45, 7) is 8.57. The van der Waals surface area contributed by atoms with E-state index in [-0.39, 0.29) is 4.90 Å². The monoisotopic (exact) mass is 475 g/mol. The second kappa shape index (κ2) is 8.90. The van der Waals surface area contributed by atoms with Gasteiger partial charge in [0, 0.05) is 43.0 Å². The van der Waals surface area contributed by atoms with Gasteiger partial charge in [-0.25, -0.2) is 13.4 Å². The van der Waals surface area contributed by atoms with Crippen LogP contribution in [0, 0.1) is 20.8 Å². The lowest BCUT2D eigenvalue weighted by molar-refractivity contribution is 0.384. The molecule has 0 aliphatic carbocycles. The minimum Gasteiger partial charge on any atom is -0.345 e. The highest BCUT2D eigenvalue weighted by atomic mass is 35.5. The van der Waals surface area contributed by atoms with E-state index in [0.717, 1.165) is 17.2 Å². The molecule has 0 atom stereocenters. The Hall–Kier alpha value is -1.93. The molecule has 0 unspecified atom stereocenters. The van der Waals surface area contributed by atoms with Gasteiger partial charge < -0.3 is 4.90 Å². The van der Waals surface area contributed by atoms with Crippen molar-refractivity contribution < 1.29 is 8.42 Å². The van der Waals surface area contributed by atoms with E-state index in [4.69, 9.17) is 16.6 Å². The maximum Gasteiger partial charge on any atom is 0.243 e. The standard InChI is InChI=1S/C23H26ClN3O2S2/c1-16-12-17(2)22(18(3)13-16)14-20-15-30-23(25-20)26-8-10-27(11-9-26)31(28,29)21-6-4-19(24)5-7-21/h4-7,12-13,15H,8-11,14H2,1-3H3. The summed E-state index contributed by atoms with van der Waals surface area (Å²) < 4.78 is 27.3. The molecular formula is C23H26ClN3O2S2. The molecule has 0 spiro atoms. The fourth-order valence-corrected chi connectivity index (χ4v) is 6.50. The molecule has 0 N–H and O–H groups in total. The van der Waals surface area contributed by atoms with Gasteiger partial charge in [0.05, 0.1) is 10.6 Å². The third-order valence-corrected chi connectivity index (χ3v) is 8.81. The number of hydrogen-bond acceptors (Lipinski definition) is 5. The van der Waals surface area contributed by atoms with Crippen LogP contribution >= 0.6 is 22.9 Å². The van der Waals surface area contributed by atoms with Crippen molar-refractivity contribution in [3.63, 3.8) is 0 Å². The summed E-state index contributed by atoms with van der Waals surface area (Å²) >= 11 is 7.52. The van der Waals surface area contributed by atoms with Gasteiger partial charge in [0.25, 0.3) is 0 Å². The zero-order chi connectivity index (χ0) is 22.2. The van der Waals surface area contributed by atoms with Gasteiger partial charge in [-0.15, -0.1) is 11.3 Å². The summed E-state index contributed by atoms with van der Waals surface area (Å²) in [6, 6.07) is 10.8. The molecule has 0 bridgehead atoms. The zero-order valence-corrected chi connectivity index (χ0v) is 20.3. The molecule has 1 aliphatic rings. The number of nitrogens with zero attached hydrogens (tertiary/aromatic N) is 3. The van der Waals surface area contributed by atoms with Crippen LogP contribution in [-0.2, 0) is 16.4 Å². The van der Waals surface area contributed by atoms with E-state index >= 15 is 0 Å². The Morgan fingerprint density at radius 2 is 1.61 bits per heavy atom. The van der Waals surface area contributed by atoms with E-state index in [0.29, 0.717) is 31.2 Å². The number of aryl methyl sites for hydroxylation is 3. The lowest BCUT2D eigenvalue weighted by atomic mass is 9.96. The average Bonchev–Trinajstić information content (AvgIpc) is 3.20. The van der Waals surface area contributed by atoms with Crippen molar-refractivity contribution in [1.82, 2.24) is 9.29 Å². The van der Waals surface area contributed by atoms with Gasteiger partial charge >= 0.3 is 0 Å². The van der Waals surface area contributed by atoms with Gasteiger partial charge in [-0.05, 0) is 61.7 Å². The second-order valence-electron chi connectivity index (χ2n) is 8.02. The highest BCUT2D eigenvalue weighted by molar-refractivity contribution is 7.89. The Bertz CT molecular complexity index is 1160. The summed E-state index contributed by atoms with van der Waals surface area (Å²) in [6.07, 6.45) is 0.819. The third-order valence-electron chi connectivity index (χ3n) is 5.70. The van der Waals surface area contributed by atoms with Crippen molar-refractivity contribution in [2.45, 2.75) is 32.1 Å². The number of halogens is 1. The summed E-state index contributed by atoms with van der Waals surface area (Å²) in [5.41, 5.74) is 6.28. The molecule has 3 aromatic rings. The van der Waals surface area contributed by atoms with Crippen LogP contribution in [0.1, 0.15) is 27.9 Å². The van der Waals surface area contributed by atoms with Crippen molar-refractivity contribution >= 4 is 38.1 Å². The number of benzene rings is 2. The summed E-state index contributed by atoms with van der Waals surface area (Å²) in [7, 11) is -3.50. The molecule has 0 amide bonds. The Labute approximate surface area is 193 Å². The van der Waals surface area contributed by atoms with Gasteiger partial charge in [-0.2, -0.15) is 4.31 Å². The maximum absolute atomic E-state index is 12.9. The first-order chi connectivity index (χ1) is 14.7. The van der Waals surface area contributed by atoms with Crippen molar-refractivity contribution in [1.29, 1.82) is 0 Å². The van der Waals surface area contributed by atoms with Gasteiger partial charge in [-0.3, -0.25) is 0 Å². The van der Waals surface area contributed by atoms with Crippen molar-refractivity contribution in [3.8, 4) is 0 Å². The van der Waals surface area contributed by atoms with Crippen LogP contribution in [0.15, 0.2) is 46.7 Å². The molecule has 1 fully saturated rings. The smallest absolute Gasteiger partial charge is 0.243 e. The fourth-order valence-electron chi connectivity index (χ4n) is 4.07. The number of sulfonamides is 1. The number of hydrogen-bond donors (Lipinski definition) is 0. The molecule has 5 nitrogen and oxygen atoms in total. The van der Waals surface area contributed by atoms with Gasteiger partial charge in [0.1, 0.15) is 0 Å². The summed E-state index contributed by atoms with van der Waals surface area (Å²) in [4.78, 5) is 7.31. The molecule has 31 heavy (non-hydrogen) atoms. The van der Waals surface area contributed by atoms with Crippen molar-refractivity contribution in [2.75, 3.05) is 31.1 Å². The third kappa shape index (κ3) is 4.80. The van der Waals surface area contributed by atoms with Gasteiger partial charge in [0.15, 0.2) is 5.13 Å². The Morgan fingerprint density at radius 1 is 1.00 bits per heavy atom. The van der Waals surface area contributed by atoms with E-state index in [1.54, 1.807) is 39.9 Å². The molecular weight excluding hydrogens is 450 g/mol. The lowest BCUT2D eigenvalue weighted by Crippen LogP contribution is -2.48. The van der Waals surface area contributed by atoms with Crippen LogP contribution in [0.3, 0.4) is 0 Å². The highest BCUT2D eigenvalue weighted by Crippen LogP contribution is 2.27. The minimum absolute atomic E-state index is 0.283. The number of anilines is 1. The fraction of sp³-hybridized carbons (Fsp3) is 0.348. The molecule has 1 aliphatic heterocycles. The van der Waals surface area contributed by atoms with Crippen LogP contribution in [0.25, 0.3) is 0 Å². The van der Waals surface area contributed by atoms with E-state index in [2.05, 4.69) is 43.2 Å². The molecule has 1 aromatic heterocycles. The molecule has 2 heterocycles. The largest absolute Gasteiger partial charge is 0.345 e. The molecule has 4 rings (SSSR count). The first kappa shape index (κ1) is 22.3.